The molecule has 66 valence electrons. The van der Waals surface area contributed by atoms with Crippen molar-refractivity contribution in [1.29, 1.82) is 0 Å². The van der Waals surface area contributed by atoms with Gasteiger partial charge in [-0.05, 0) is 12.8 Å². The first kappa shape index (κ1) is 10.7. The van der Waals surface area contributed by atoms with Crippen LogP contribution in [0, 0.1) is 0 Å². The monoisotopic (exact) mass is 156 g/mol. The second-order valence-electron chi connectivity index (χ2n) is 2.66. The summed E-state index contributed by atoms with van der Waals surface area (Å²) in [6.45, 7) is 6.05. The lowest BCUT2D eigenvalue weighted by Gasteiger charge is -1.98. The number of unbranched alkanes of at least 4 members (excludes halogenated alkanes) is 2. The lowest BCUT2D eigenvalue weighted by molar-refractivity contribution is 0.157. The van der Waals surface area contributed by atoms with Crippen LogP contribution in [0.1, 0.15) is 39.5 Å². The molecule has 0 heterocycles. The van der Waals surface area contributed by atoms with Gasteiger partial charge in [-0.25, -0.2) is 0 Å². The van der Waals surface area contributed by atoms with Crippen molar-refractivity contribution in [3.63, 3.8) is 0 Å². The third-order valence-corrected chi connectivity index (χ3v) is 1.51. The fourth-order valence-corrected chi connectivity index (χ4v) is 0.840. The van der Waals surface area contributed by atoms with Crippen molar-refractivity contribution in [1.82, 2.24) is 0 Å². The Morgan fingerprint density at radius 3 is 2.55 bits per heavy atom. The Bertz CT molecular complexity index is 86.9. The summed E-state index contributed by atoms with van der Waals surface area (Å²) < 4.78 is 5.35. The van der Waals surface area contributed by atoms with Gasteiger partial charge in [-0.15, -0.1) is 0 Å². The lowest BCUT2D eigenvalue weighted by Crippen LogP contribution is -1.93. The first-order chi connectivity index (χ1) is 5.41. The summed E-state index contributed by atoms with van der Waals surface area (Å²) in [6, 6.07) is 0. The number of allylic oxidation sites excluding steroid dienone is 1. The smallest absolute Gasteiger partial charge is 0.0647 e. The van der Waals surface area contributed by atoms with E-state index in [4.69, 9.17) is 4.74 Å². The van der Waals surface area contributed by atoms with Crippen LogP contribution in [-0.4, -0.2) is 13.2 Å². The molecule has 1 heteroatoms. The molecule has 0 radical (unpaired) electrons. The van der Waals surface area contributed by atoms with Crippen LogP contribution >= 0.6 is 0 Å². The van der Waals surface area contributed by atoms with Crippen LogP contribution in [0.5, 0.6) is 0 Å². The SMILES string of the molecule is CC/C=C/COCCCCC. The minimum Gasteiger partial charge on any atom is -0.377 e. The number of rotatable bonds is 7. The van der Waals surface area contributed by atoms with Crippen molar-refractivity contribution < 1.29 is 4.74 Å². The highest BCUT2D eigenvalue weighted by Crippen LogP contribution is 1.93. The van der Waals surface area contributed by atoms with Gasteiger partial charge in [0.1, 0.15) is 0 Å². The van der Waals surface area contributed by atoms with Gasteiger partial charge in [-0.3, -0.25) is 0 Å². The van der Waals surface area contributed by atoms with Crippen molar-refractivity contribution >= 4 is 0 Å². The Morgan fingerprint density at radius 1 is 1.09 bits per heavy atom. The van der Waals surface area contributed by atoms with Gasteiger partial charge in [0.05, 0.1) is 6.61 Å². The summed E-state index contributed by atoms with van der Waals surface area (Å²) in [5.41, 5.74) is 0. The Balaban J connectivity index is 2.85. The zero-order chi connectivity index (χ0) is 8.36. The average molecular weight is 156 g/mol. The minimum absolute atomic E-state index is 0.789. The molecule has 0 spiro atoms. The molecule has 0 saturated heterocycles. The molecule has 0 aromatic carbocycles. The van der Waals surface area contributed by atoms with Gasteiger partial charge in [-0.2, -0.15) is 0 Å². The van der Waals surface area contributed by atoms with E-state index >= 15 is 0 Å². The molecule has 0 rings (SSSR count). The Labute approximate surface area is 70.4 Å². The van der Waals surface area contributed by atoms with E-state index in [1.165, 1.54) is 19.3 Å². The molecular weight excluding hydrogens is 136 g/mol. The molecular formula is C10H20O. The maximum absolute atomic E-state index is 5.35. The number of ether oxygens (including phenoxy) is 1. The van der Waals surface area contributed by atoms with Crippen molar-refractivity contribution in [3.8, 4) is 0 Å². The van der Waals surface area contributed by atoms with Gasteiger partial charge in [0, 0.05) is 6.61 Å². The second kappa shape index (κ2) is 9.70. The fourth-order valence-electron chi connectivity index (χ4n) is 0.840. The highest BCUT2D eigenvalue weighted by atomic mass is 16.5. The van der Waals surface area contributed by atoms with Crippen LogP contribution in [0.25, 0.3) is 0 Å². The van der Waals surface area contributed by atoms with Gasteiger partial charge in [0.15, 0.2) is 0 Å². The molecule has 0 saturated carbocycles. The van der Waals surface area contributed by atoms with Gasteiger partial charge < -0.3 is 4.74 Å². The molecule has 0 aliphatic carbocycles. The summed E-state index contributed by atoms with van der Waals surface area (Å²) in [5.74, 6) is 0. The second-order valence-corrected chi connectivity index (χ2v) is 2.66. The van der Waals surface area contributed by atoms with E-state index in [2.05, 4.69) is 26.0 Å². The molecule has 0 aliphatic heterocycles. The van der Waals surface area contributed by atoms with Crippen molar-refractivity contribution in [3.05, 3.63) is 12.2 Å². The minimum atomic E-state index is 0.789. The predicted octanol–water partition coefficient (Wildman–Crippen LogP) is 3.16. The number of hydrogen-bond donors (Lipinski definition) is 0. The Morgan fingerprint density at radius 2 is 1.91 bits per heavy atom. The molecule has 0 aliphatic rings. The van der Waals surface area contributed by atoms with E-state index in [1.54, 1.807) is 0 Å². The average Bonchev–Trinajstić information content (AvgIpc) is 2.03. The fraction of sp³-hybridized carbons (Fsp3) is 0.800. The molecule has 0 bridgehead atoms. The van der Waals surface area contributed by atoms with Gasteiger partial charge in [0.25, 0.3) is 0 Å². The Hall–Kier alpha value is -0.300. The quantitative estimate of drug-likeness (QED) is 0.406. The summed E-state index contributed by atoms with van der Waals surface area (Å²) >= 11 is 0. The maximum Gasteiger partial charge on any atom is 0.0647 e. The van der Waals surface area contributed by atoms with E-state index in [9.17, 15) is 0 Å². The van der Waals surface area contributed by atoms with Gasteiger partial charge in [0.2, 0.25) is 0 Å². The van der Waals surface area contributed by atoms with Crippen LogP contribution < -0.4 is 0 Å². The number of hydrogen-bond acceptors (Lipinski definition) is 1. The van der Waals surface area contributed by atoms with Crippen LogP contribution in [0.15, 0.2) is 12.2 Å². The third kappa shape index (κ3) is 9.70. The van der Waals surface area contributed by atoms with Crippen molar-refractivity contribution in [2.75, 3.05) is 13.2 Å². The van der Waals surface area contributed by atoms with Crippen LogP contribution in [0.3, 0.4) is 0 Å². The Kier molecular flexibility index (Phi) is 9.44. The predicted molar refractivity (Wildman–Crippen MR) is 49.8 cm³/mol. The van der Waals surface area contributed by atoms with Crippen LogP contribution in [-0.2, 0) is 4.74 Å². The zero-order valence-electron chi connectivity index (χ0n) is 7.81. The van der Waals surface area contributed by atoms with E-state index in [0.717, 1.165) is 19.6 Å². The molecule has 0 fully saturated rings. The first-order valence-corrected chi connectivity index (χ1v) is 4.64. The summed E-state index contributed by atoms with van der Waals surface area (Å²) in [6.07, 6.45) is 9.10. The molecule has 0 aromatic rings. The van der Waals surface area contributed by atoms with E-state index in [-0.39, 0.29) is 0 Å². The van der Waals surface area contributed by atoms with Gasteiger partial charge in [-0.1, -0.05) is 38.8 Å². The summed E-state index contributed by atoms with van der Waals surface area (Å²) in [4.78, 5) is 0. The molecule has 0 unspecified atom stereocenters. The van der Waals surface area contributed by atoms with Crippen molar-refractivity contribution in [2.24, 2.45) is 0 Å². The molecule has 0 atom stereocenters. The maximum atomic E-state index is 5.35. The molecule has 0 N–H and O–H groups in total. The van der Waals surface area contributed by atoms with E-state index in [1.807, 2.05) is 0 Å². The lowest BCUT2D eigenvalue weighted by atomic mass is 10.3. The molecule has 0 aromatic heterocycles. The highest BCUT2D eigenvalue weighted by Gasteiger charge is 1.84. The van der Waals surface area contributed by atoms with Crippen molar-refractivity contribution in [2.45, 2.75) is 39.5 Å². The third-order valence-electron chi connectivity index (χ3n) is 1.51. The van der Waals surface area contributed by atoms with E-state index in [0.29, 0.717) is 0 Å². The zero-order valence-corrected chi connectivity index (χ0v) is 7.81. The summed E-state index contributed by atoms with van der Waals surface area (Å²) in [7, 11) is 0. The van der Waals surface area contributed by atoms with Crippen LogP contribution in [0.4, 0.5) is 0 Å². The molecule has 11 heavy (non-hydrogen) atoms. The largest absolute Gasteiger partial charge is 0.377 e. The summed E-state index contributed by atoms with van der Waals surface area (Å²) in [5, 5.41) is 0. The molecule has 1 nitrogen and oxygen atoms in total. The molecule has 0 amide bonds. The standard InChI is InChI=1S/C10H20O/c1-3-5-7-9-11-10-8-6-4-2/h5,7H,3-4,6,8-10H2,1-2H3/b7-5+. The topological polar surface area (TPSA) is 9.23 Å². The normalized spacial score (nSPS) is 11.1. The first-order valence-electron chi connectivity index (χ1n) is 4.64. The van der Waals surface area contributed by atoms with Crippen LogP contribution in [0.2, 0.25) is 0 Å². The van der Waals surface area contributed by atoms with E-state index < -0.39 is 0 Å². The highest BCUT2D eigenvalue weighted by molar-refractivity contribution is 4.79. The van der Waals surface area contributed by atoms with Gasteiger partial charge >= 0.3 is 0 Å².